The van der Waals surface area contributed by atoms with Gasteiger partial charge in [-0.3, -0.25) is 67.2 Å². The van der Waals surface area contributed by atoms with Gasteiger partial charge < -0.3 is 73.3 Å². The molecule has 470 valence electrons. The van der Waals surface area contributed by atoms with Crippen molar-refractivity contribution in [3.63, 3.8) is 0 Å². The molecule has 0 spiro atoms. The van der Waals surface area contributed by atoms with E-state index < -0.39 is 175 Å². The van der Waals surface area contributed by atoms with Crippen LogP contribution in [0.4, 0.5) is 5.69 Å². The number of amides is 13. The van der Waals surface area contributed by atoms with Gasteiger partial charge in [-0.2, -0.15) is 12.6 Å². The average molecular weight is 1250 g/mol. The Labute approximate surface area is 510 Å². The molecule has 13 N–H and O–H groups in total. The van der Waals surface area contributed by atoms with Crippen LogP contribution in [0.1, 0.15) is 77.3 Å². The van der Waals surface area contributed by atoms with Gasteiger partial charge in [0.25, 0.3) is 0 Å². The van der Waals surface area contributed by atoms with Crippen molar-refractivity contribution in [3.8, 4) is 0 Å². The van der Waals surface area contributed by atoms with E-state index in [0.29, 0.717) is 45.6 Å². The maximum absolute atomic E-state index is 14.8. The van der Waals surface area contributed by atoms with E-state index in [1.165, 1.54) is 24.0 Å². The summed E-state index contributed by atoms with van der Waals surface area (Å²) in [6.07, 6.45) is -1.85. The molecule has 2 unspecified atom stereocenters. The highest BCUT2D eigenvalue weighted by molar-refractivity contribution is 7.99. The van der Waals surface area contributed by atoms with Crippen molar-refractivity contribution in [1.29, 1.82) is 0 Å². The van der Waals surface area contributed by atoms with Gasteiger partial charge in [-0.05, 0) is 60.9 Å². The van der Waals surface area contributed by atoms with E-state index in [0.717, 1.165) is 16.7 Å². The normalized spacial score (nSPS) is 24.1. The number of H-pyrrole nitrogens is 1. The second-order valence-electron chi connectivity index (χ2n) is 22.1. The number of nitrogens with zero attached hydrogens (tertiary/aromatic N) is 2. The van der Waals surface area contributed by atoms with Crippen molar-refractivity contribution in [2.75, 3.05) is 50.4 Å². The maximum atomic E-state index is 14.8. The smallest absolute Gasteiger partial charge is 0.246 e. The molecule has 2 fully saturated rings. The minimum atomic E-state index is -1.57. The summed E-state index contributed by atoms with van der Waals surface area (Å²) in [7, 11) is 0. The summed E-state index contributed by atoms with van der Waals surface area (Å²) in [6, 6.07) is 6.03. The van der Waals surface area contributed by atoms with Crippen LogP contribution < -0.4 is 53.2 Å². The van der Waals surface area contributed by atoms with E-state index in [2.05, 4.69) is 70.8 Å². The van der Waals surface area contributed by atoms with Crippen LogP contribution in [0.2, 0.25) is 0 Å². The number of hydrogen-bond donors (Lipinski definition) is 14. The molecule has 2 bridgehead atoms. The van der Waals surface area contributed by atoms with Crippen molar-refractivity contribution in [3.05, 3.63) is 59.7 Å². The number of aromatic amines is 1. The predicted octanol–water partition coefficient (Wildman–Crippen LogP) is -2.64. The van der Waals surface area contributed by atoms with Gasteiger partial charge in [-0.1, -0.05) is 57.5 Å². The van der Waals surface area contributed by atoms with Gasteiger partial charge in [0.1, 0.15) is 30.2 Å². The molecule has 1 aromatic heterocycles. The first kappa shape index (κ1) is 66.4. The van der Waals surface area contributed by atoms with Gasteiger partial charge in [0.05, 0.1) is 49.0 Å². The zero-order chi connectivity index (χ0) is 63.2. The number of rotatable bonds is 17. The number of aromatic nitrogens is 1. The number of carbonyl (C=O) groups excluding carboxylic acids is 13. The fourth-order valence-electron chi connectivity index (χ4n) is 10.4. The fraction of sp³-hybridized carbons (Fsp3) is 0.526. The van der Waals surface area contributed by atoms with Gasteiger partial charge in [0, 0.05) is 73.2 Å². The molecule has 7 rings (SSSR count). The zero-order valence-electron chi connectivity index (χ0n) is 48.5. The van der Waals surface area contributed by atoms with E-state index in [1.54, 1.807) is 57.2 Å². The van der Waals surface area contributed by atoms with E-state index >= 15 is 0 Å². The minimum absolute atomic E-state index is 0.0632. The number of aliphatic hydroxyl groups is 2. The SMILES string of the molecule is CC[C@H](C)[C@@H]1NC(=O)CNC(=O)[C@@H]2Cc3c([nH]c4ccccc34)SC[C@H](NC(=O)CNC1=O)C(=O)N[C@@H](CC(=O)NCc1ccc(NC(=O)[C@H](C)NC(=O)CNC(=O)CCN3C(=O)CC(S)C3=O)cc1)C(=O)N1CCC1C[C@@H]([C@@H](C)[C@@H](O)CO)C(=O)N2. The number of thiol groups is 1. The molecule has 2 aromatic carbocycles. The lowest BCUT2D eigenvalue weighted by Crippen LogP contribution is -2.62. The van der Waals surface area contributed by atoms with Crippen LogP contribution >= 0.6 is 24.4 Å². The van der Waals surface area contributed by atoms with E-state index in [4.69, 9.17) is 0 Å². The highest BCUT2D eigenvalue weighted by Crippen LogP contribution is 2.34. The largest absolute Gasteiger partial charge is 0.394 e. The molecule has 0 aliphatic carbocycles. The Bertz CT molecular complexity index is 3130. The van der Waals surface area contributed by atoms with Crippen molar-refractivity contribution in [1.82, 2.24) is 62.6 Å². The number of aliphatic hydroxyl groups excluding tert-OH is 2. The predicted molar refractivity (Wildman–Crippen MR) is 317 cm³/mol. The molecule has 30 heteroatoms. The zero-order valence-corrected chi connectivity index (χ0v) is 50.2. The number of para-hydroxylation sites is 1. The topological polar surface area (TPSA) is 405 Å². The van der Waals surface area contributed by atoms with Crippen LogP contribution in [0.3, 0.4) is 0 Å². The average Bonchev–Trinajstić information content (AvgIpc) is 2.35. The number of anilines is 1. The van der Waals surface area contributed by atoms with Gasteiger partial charge >= 0.3 is 0 Å². The van der Waals surface area contributed by atoms with Crippen LogP contribution in [0.5, 0.6) is 0 Å². The Morgan fingerprint density at radius 1 is 0.782 bits per heavy atom. The van der Waals surface area contributed by atoms with Crippen LogP contribution in [0, 0.1) is 17.8 Å². The Morgan fingerprint density at radius 2 is 1.48 bits per heavy atom. The quantitative estimate of drug-likeness (QED) is 0.0485. The molecule has 13 amide bonds. The van der Waals surface area contributed by atoms with Gasteiger partial charge in [-0.15, -0.1) is 11.8 Å². The summed E-state index contributed by atoms with van der Waals surface area (Å²) in [5, 5.41) is 47.7. The standard InChI is InChI=1S/C57H75N13O15S2/c1-5-28(2)49-54(83)61-24-46(76)64-40-27-87-55-36(34-8-6-7-9-37(34)67-55)19-38(52(81)60-25-47(77)68-49)65-51(80)35(29(3)41(72)26-71)18-33-14-16-69(33)56(84)39(66-53(40)82)20-44(74)58-22-31-10-12-32(13-11-31)63-50(79)30(4)62-45(75)23-59-43(73)15-17-70-48(78)21-42(86)57(70)85/h6-13,28-30,33,35,38-42,49,67,71-72,86H,5,14-27H2,1-4H3,(H,58,74)(H,59,73)(H,60,81)(H,61,83)(H,62,75)(H,63,79)(H,64,76)(H,65,80)(H,66,82)(H,68,77)/t28-,29+,30-,33?,35-,38-,39-,40-,41-,42?,49-/m0/s1. The summed E-state index contributed by atoms with van der Waals surface area (Å²) in [6.45, 7) is 3.87. The van der Waals surface area contributed by atoms with Crippen LogP contribution in [0.25, 0.3) is 10.9 Å². The number of nitrogens with one attached hydrogen (secondary N) is 11. The van der Waals surface area contributed by atoms with Gasteiger partial charge in [0.15, 0.2) is 0 Å². The minimum Gasteiger partial charge on any atom is -0.394 e. The third-order valence-corrected chi connectivity index (χ3v) is 17.5. The molecule has 0 radical (unpaired) electrons. The summed E-state index contributed by atoms with van der Waals surface area (Å²) >= 11 is 5.12. The summed E-state index contributed by atoms with van der Waals surface area (Å²) in [5.74, 6) is -11.7. The first-order chi connectivity index (χ1) is 41.4. The number of likely N-dealkylation sites (tertiary alicyclic amines) is 1. The fourth-order valence-corrected chi connectivity index (χ4v) is 11.8. The van der Waals surface area contributed by atoms with Gasteiger partial charge in [-0.25, -0.2) is 0 Å². The number of thioether (sulfide) groups is 1. The Morgan fingerprint density at radius 3 is 2.15 bits per heavy atom. The maximum Gasteiger partial charge on any atom is 0.246 e. The molecule has 4 aliphatic rings. The number of hydrogen-bond acceptors (Lipinski definition) is 17. The molecule has 3 aromatic rings. The molecular weight excluding hydrogens is 1170 g/mol. The molecule has 0 saturated carbocycles. The molecule has 2 saturated heterocycles. The Balaban J connectivity index is 1.09. The monoisotopic (exact) mass is 1250 g/mol. The molecule has 4 aliphatic heterocycles. The molecule has 5 heterocycles. The lowest BCUT2D eigenvalue weighted by molar-refractivity contribution is -0.147. The Hall–Kier alpha value is -8.09. The lowest BCUT2D eigenvalue weighted by Gasteiger charge is -2.45. The number of fused-ring (bicyclic) bond motifs is 5. The summed E-state index contributed by atoms with van der Waals surface area (Å²) in [5.41, 5.74) is 1.99. The van der Waals surface area contributed by atoms with Crippen molar-refractivity contribution in [2.24, 2.45) is 17.8 Å². The second kappa shape index (κ2) is 30.5. The lowest BCUT2D eigenvalue weighted by atomic mass is 9.80. The molecule has 87 heavy (non-hydrogen) atoms. The first-order valence-corrected chi connectivity index (χ1v) is 30.3. The van der Waals surface area contributed by atoms with Crippen LogP contribution in [-0.2, 0) is 75.3 Å². The van der Waals surface area contributed by atoms with E-state index in [9.17, 15) is 72.5 Å². The first-order valence-electron chi connectivity index (χ1n) is 28.8. The van der Waals surface area contributed by atoms with Crippen molar-refractivity contribution >= 4 is 118 Å². The molecule has 28 nitrogen and oxygen atoms in total. The summed E-state index contributed by atoms with van der Waals surface area (Å²) in [4.78, 5) is 181. The molecule has 11 atom stereocenters. The second-order valence-corrected chi connectivity index (χ2v) is 23.8. The van der Waals surface area contributed by atoms with Gasteiger partial charge in [0.2, 0.25) is 76.8 Å². The number of imide groups is 1. The third-order valence-electron chi connectivity index (χ3n) is 16.0. The van der Waals surface area contributed by atoms with E-state index in [-0.39, 0.29) is 51.1 Å². The number of benzene rings is 2. The van der Waals surface area contributed by atoms with Crippen LogP contribution in [0.15, 0.2) is 53.6 Å². The van der Waals surface area contributed by atoms with E-state index in [1.807, 2.05) is 0 Å². The summed E-state index contributed by atoms with van der Waals surface area (Å²) < 4.78 is 0. The Kier molecular flexibility index (Phi) is 23.3. The third kappa shape index (κ3) is 17.6. The number of carbonyl (C=O) groups is 13. The molecular formula is C57H75N13O15S2. The highest BCUT2D eigenvalue weighted by atomic mass is 32.2. The van der Waals surface area contributed by atoms with Crippen LogP contribution in [-0.4, -0.2) is 194 Å². The van der Waals surface area contributed by atoms with Crippen molar-refractivity contribution in [2.45, 2.75) is 132 Å². The van der Waals surface area contributed by atoms with Crippen molar-refractivity contribution < 1.29 is 72.5 Å². The highest BCUT2D eigenvalue weighted by Gasteiger charge is 2.44.